The number of likely N-dealkylation sites (tertiary alicyclic amines) is 1. The fraction of sp³-hybridized carbons (Fsp3) is 0.306. The molecule has 10 heteroatoms. The van der Waals surface area contributed by atoms with Crippen molar-refractivity contribution in [1.29, 1.82) is 5.26 Å². The molecule has 1 amide bonds. The number of hydrogen-bond donors (Lipinski definition) is 2. The van der Waals surface area contributed by atoms with E-state index in [2.05, 4.69) is 31.6 Å². The standard InChI is InChI=1S/C36H38N6O4/c1-5-45-35(44)31-21-39-36(40-30-14-16-42(17-15-30)22-26-8-12-28(13-9-26)33(43)38-4)41-34(31)46-32-23(2)18-29(19-24(32)3)27-10-6-25(20-37)7-11-27/h6-13,18-19,21,30H,5,14-17,22H2,1-4H3,(H,38,43)(H,39,40,41). The van der Waals surface area contributed by atoms with Gasteiger partial charge < -0.3 is 20.1 Å². The first-order chi connectivity index (χ1) is 22.3. The highest BCUT2D eigenvalue weighted by molar-refractivity contribution is 5.94. The predicted octanol–water partition coefficient (Wildman–Crippen LogP) is 6.04. The van der Waals surface area contributed by atoms with E-state index in [4.69, 9.17) is 14.7 Å². The summed E-state index contributed by atoms with van der Waals surface area (Å²) in [5.41, 5.74) is 6.30. The Bertz CT molecular complexity index is 1720. The number of benzene rings is 3. The smallest absolute Gasteiger partial charge is 0.345 e. The van der Waals surface area contributed by atoms with Crippen LogP contribution < -0.4 is 15.4 Å². The van der Waals surface area contributed by atoms with Crippen LogP contribution in [0.25, 0.3) is 11.1 Å². The van der Waals surface area contributed by atoms with Crippen molar-refractivity contribution in [3.05, 3.63) is 100 Å². The summed E-state index contributed by atoms with van der Waals surface area (Å²) in [4.78, 5) is 36.1. The lowest BCUT2D eigenvalue weighted by Gasteiger charge is -2.32. The Morgan fingerprint density at radius 1 is 1.00 bits per heavy atom. The second-order valence-corrected chi connectivity index (χ2v) is 11.3. The molecule has 3 aromatic carbocycles. The lowest BCUT2D eigenvalue weighted by Crippen LogP contribution is -2.39. The molecule has 2 N–H and O–H groups in total. The topological polar surface area (TPSA) is 129 Å². The Balaban J connectivity index is 1.28. The summed E-state index contributed by atoms with van der Waals surface area (Å²) in [5, 5.41) is 15.2. The van der Waals surface area contributed by atoms with E-state index in [1.54, 1.807) is 26.1 Å². The number of amides is 1. The van der Waals surface area contributed by atoms with Crippen LogP contribution in [0, 0.1) is 25.2 Å². The summed E-state index contributed by atoms with van der Waals surface area (Å²) in [6, 6.07) is 21.5. The van der Waals surface area contributed by atoms with Crippen LogP contribution in [0.15, 0.2) is 66.9 Å². The van der Waals surface area contributed by atoms with Crippen molar-refractivity contribution in [1.82, 2.24) is 20.2 Å². The van der Waals surface area contributed by atoms with Crippen LogP contribution in [0.3, 0.4) is 0 Å². The first-order valence-corrected chi connectivity index (χ1v) is 15.4. The quantitative estimate of drug-likeness (QED) is 0.204. The molecule has 0 unspecified atom stereocenters. The molecule has 1 aromatic heterocycles. The van der Waals surface area contributed by atoms with Crippen molar-refractivity contribution in [3.63, 3.8) is 0 Å². The van der Waals surface area contributed by atoms with Gasteiger partial charge in [-0.05, 0) is 97.8 Å². The molecule has 0 atom stereocenters. The average molecular weight is 619 g/mol. The number of aryl methyl sites for hydroxylation is 2. The average Bonchev–Trinajstić information content (AvgIpc) is 3.07. The predicted molar refractivity (Wildman–Crippen MR) is 176 cm³/mol. The maximum Gasteiger partial charge on any atom is 0.345 e. The minimum Gasteiger partial charge on any atom is -0.462 e. The second kappa shape index (κ2) is 14.7. The van der Waals surface area contributed by atoms with Gasteiger partial charge in [0.25, 0.3) is 5.91 Å². The van der Waals surface area contributed by atoms with Gasteiger partial charge in [-0.3, -0.25) is 9.69 Å². The number of nitrogens with one attached hydrogen (secondary N) is 2. The van der Waals surface area contributed by atoms with Crippen molar-refractivity contribution in [2.45, 2.75) is 46.2 Å². The van der Waals surface area contributed by atoms with Crippen molar-refractivity contribution < 1.29 is 19.1 Å². The summed E-state index contributed by atoms with van der Waals surface area (Å²) in [7, 11) is 1.63. The number of rotatable bonds is 10. The minimum atomic E-state index is -0.551. The van der Waals surface area contributed by atoms with Crippen molar-refractivity contribution in [2.75, 3.05) is 32.1 Å². The zero-order valence-corrected chi connectivity index (χ0v) is 26.6. The number of nitriles is 1. The van der Waals surface area contributed by atoms with E-state index in [0.29, 0.717) is 22.8 Å². The zero-order valence-electron chi connectivity index (χ0n) is 26.6. The second-order valence-electron chi connectivity index (χ2n) is 11.3. The Morgan fingerprint density at radius 3 is 2.28 bits per heavy atom. The summed E-state index contributed by atoms with van der Waals surface area (Å²) in [6.45, 7) is 8.45. The Morgan fingerprint density at radius 2 is 1.67 bits per heavy atom. The van der Waals surface area contributed by atoms with E-state index < -0.39 is 5.97 Å². The van der Waals surface area contributed by atoms with Gasteiger partial charge in [-0.25, -0.2) is 9.78 Å². The lowest BCUT2D eigenvalue weighted by molar-refractivity contribution is 0.0522. The van der Waals surface area contributed by atoms with Gasteiger partial charge in [0.05, 0.1) is 24.4 Å². The normalized spacial score (nSPS) is 13.5. The van der Waals surface area contributed by atoms with Gasteiger partial charge in [0, 0.05) is 38.3 Å². The summed E-state index contributed by atoms with van der Waals surface area (Å²) in [5.74, 6) is 0.476. The number of piperidine rings is 1. The molecule has 2 heterocycles. The lowest BCUT2D eigenvalue weighted by atomic mass is 9.99. The van der Waals surface area contributed by atoms with Gasteiger partial charge in [0.15, 0.2) is 0 Å². The first-order valence-electron chi connectivity index (χ1n) is 15.4. The van der Waals surface area contributed by atoms with Crippen LogP contribution in [0.2, 0.25) is 0 Å². The van der Waals surface area contributed by atoms with Gasteiger partial charge in [-0.2, -0.15) is 10.2 Å². The number of aromatic nitrogens is 2. The zero-order chi connectivity index (χ0) is 32.6. The van der Waals surface area contributed by atoms with Crippen LogP contribution in [0.4, 0.5) is 5.95 Å². The highest BCUT2D eigenvalue weighted by Gasteiger charge is 2.23. The highest BCUT2D eigenvalue weighted by Crippen LogP contribution is 2.34. The third-order valence-electron chi connectivity index (χ3n) is 8.03. The number of esters is 1. The molecule has 10 nitrogen and oxygen atoms in total. The maximum absolute atomic E-state index is 12.8. The number of carbonyl (C=O) groups is 2. The van der Waals surface area contributed by atoms with Gasteiger partial charge in [-0.15, -0.1) is 0 Å². The van der Waals surface area contributed by atoms with Gasteiger partial charge in [0.2, 0.25) is 11.8 Å². The molecule has 1 fully saturated rings. The third kappa shape index (κ3) is 7.68. The third-order valence-corrected chi connectivity index (χ3v) is 8.03. The minimum absolute atomic E-state index is 0.0904. The molecule has 1 aliphatic heterocycles. The van der Waals surface area contributed by atoms with Crippen LogP contribution in [0.5, 0.6) is 11.6 Å². The Hall–Kier alpha value is -5.27. The van der Waals surface area contributed by atoms with E-state index in [1.165, 1.54) is 6.20 Å². The van der Waals surface area contributed by atoms with Gasteiger partial charge >= 0.3 is 5.97 Å². The first kappa shape index (κ1) is 32.1. The maximum atomic E-state index is 12.8. The number of ether oxygens (including phenoxy) is 2. The van der Waals surface area contributed by atoms with Crippen molar-refractivity contribution >= 4 is 17.8 Å². The van der Waals surface area contributed by atoms with Crippen LogP contribution >= 0.6 is 0 Å². The van der Waals surface area contributed by atoms with Crippen LogP contribution in [-0.2, 0) is 11.3 Å². The summed E-state index contributed by atoms with van der Waals surface area (Å²) < 4.78 is 11.6. The number of nitrogens with zero attached hydrogens (tertiary/aromatic N) is 4. The summed E-state index contributed by atoms with van der Waals surface area (Å²) >= 11 is 0. The van der Waals surface area contributed by atoms with Crippen molar-refractivity contribution in [2.24, 2.45) is 0 Å². The van der Waals surface area contributed by atoms with E-state index in [1.807, 2.05) is 62.4 Å². The van der Waals surface area contributed by atoms with Crippen LogP contribution in [-0.4, -0.2) is 59.5 Å². The van der Waals surface area contributed by atoms with E-state index in [-0.39, 0.29) is 30.0 Å². The number of carbonyl (C=O) groups excluding carboxylic acids is 2. The van der Waals surface area contributed by atoms with Crippen molar-refractivity contribution in [3.8, 4) is 28.8 Å². The van der Waals surface area contributed by atoms with E-state index in [9.17, 15) is 9.59 Å². The Labute approximate surface area is 269 Å². The number of hydrogen-bond acceptors (Lipinski definition) is 9. The molecule has 46 heavy (non-hydrogen) atoms. The SMILES string of the molecule is CCOC(=O)c1cnc(NC2CCN(Cc3ccc(C(=O)NC)cc3)CC2)nc1Oc1c(C)cc(-c2ccc(C#N)cc2)cc1C. The van der Waals surface area contributed by atoms with E-state index >= 15 is 0 Å². The van der Waals surface area contributed by atoms with Gasteiger partial charge in [0.1, 0.15) is 11.3 Å². The molecular formula is C36H38N6O4. The fourth-order valence-corrected chi connectivity index (χ4v) is 5.56. The highest BCUT2D eigenvalue weighted by atomic mass is 16.5. The van der Waals surface area contributed by atoms with Gasteiger partial charge in [-0.1, -0.05) is 24.3 Å². The molecule has 0 saturated carbocycles. The molecular weight excluding hydrogens is 580 g/mol. The summed E-state index contributed by atoms with van der Waals surface area (Å²) in [6.07, 6.45) is 3.24. The van der Waals surface area contributed by atoms with Crippen LogP contribution in [0.1, 0.15) is 62.7 Å². The molecule has 1 aliphatic rings. The molecule has 5 rings (SSSR count). The molecule has 236 valence electrons. The Kier molecular flexibility index (Phi) is 10.2. The molecule has 0 aliphatic carbocycles. The molecule has 0 bridgehead atoms. The number of anilines is 1. The largest absolute Gasteiger partial charge is 0.462 e. The molecule has 1 saturated heterocycles. The fourth-order valence-electron chi connectivity index (χ4n) is 5.56. The molecule has 0 radical (unpaired) electrons. The molecule has 4 aromatic rings. The monoisotopic (exact) mass is 618 g/mol. The molecule has 0 spiro atoms. The van der Waals surface area contributed by atoms with E-state index in [0.717, 1.165) is 60.3 Å².